The molecule has 2 N–H and O–H groups in total. The Kier molecular flexibility index (Phi) is 8.10. The second-order valence-electron chi connectivity index (χ2n) is 7.61. The van der Waals surface area contributed by atoms with Crippen molar-refractivity contribution in [2.24, 2.45) is 0 Å². The average molecular weight is 472 g/mol. The normalized spacial score (nSPS) is 10.4. The van der Waals surface area contributed by atoms with Crippen molar-refractivity contribution in [2.75, 3.05) is 6.61 Å². The fourth-order valence-corrected chi connectivity index (χ4v) is 3.14. The van der Waals surface area contributed by atoms with Gasteiger partial charge in [-0.1, -0.05) is 60.7 Å². The molecule has 4 aromatic rings. The molecule has 0 aliphatic carbocycles. The van der Waals surface area contributed by atoms with Gasteiger partial charge in [0.15, 0.2) is 18.3 Å². The van der Waals surface area contributed by atoms with Crippen LogP contribution in [0.1, 0.15) is 17.9 Å². The quantitative estimate of drug-likeness (QED) is 0.338. The molecule has 1 heterocycles. The molecule has 0 atom stereocenters. The molecule has 0 saturated heterocycles. The summed E-state index contributed by atoms with van der Waals surface area (Å²) in [5.41, 5.74) is 6.68. The monoisotopic (exact) mass is 471 g/mol. The molecule has 0 aliphatic heterocycles. The summed E-state index contributed by atoms with van der Waals surface area (Å²) in [4.78, 5) is 28.2. The third kappa shape index (κ3) is 7.46. The van der Waals surface area contributed by atoms with Gasteiger partial charge in [0.2, 0.25) is 5.91 Å². The molecule has 3 aromatic carbocycles. The zero-order chi connectivity index (χ0) is 24.3. The van der Waals surface area contributed by atoms with E-state index in [9.17, 15) is 9.59 Å². The zero-order valence-electron chi connectivity index (χ0n) is 19.0. The Morgan fingerprint density at radius 3 is 2.11 bits per heavy atom. The first-order valence-electron chi connectivity index (χ1n) is 11.1. The molecule has 0 spiro atoms. The predicted molar refractivity (Wildman–Crippen MR) is 129 cm³/mol. The van der Waals surface area contributed by atoms with Gasteiger partial charge < -0.3 is 13.9 Å². The highest BCUT2D eigenvalue weighted by molar-refractivity contribution is 5.82. The van der Waals surface area contributed by atoms with Crippen molar-refractivity contribution in [3.8, 4) is 22.8 Å². The van der Waals surface area contributed by atoms with Gasteiger partial charge in [0.05, 0.1) is 6.20 Å². The maximum absolute atomic E-state index is 12.0. The van der Waals surface area contributed by atoms with Crippen LogP contribution in [-0.4, -0.2) is 23.4 Å². The summed E-state index contributed by atoms with van der Waals surface area (Å²) in [6.45, 7) is 0.220. The van der Waals surface area contributed by atoms with Crippen LogP contribution >= 0.6 is 0 Å². The highest BCUT2D eigenvalue weighted by Crippen LogP contribution is 2.20. The van der Waals surface area contributed by atoms with Gasteiger partial charge in [0.25, 0.3) is 5.91 Å². The predicted octanol–water partition coefficient (Wildman–Crippen LogP) is 4.08. The molecule has 0 unspecified atom stereocenters. The molecule has 0 aliphatic rings. The summed E-state index contributed by atoms with van der Waals surface area (Å²) in [6.07, 6.45) is 2.05. The second kappa shape index (κ2) is 12.0. The summed E-state index contributed by atoms with van der Waals surface area (Å²) >= 11 is 0. The number of aryl methyl sites for hydroxylation is 1. The molecule has 8 heteroatoms. The summed E-state index contributed by atoms with van der Waals surface area (Å²) in [5.74, 6) is 1.45. The lowest BCUT2D eigenvalue weighted by Gasteiger charge is -2.10. The van der Waals surface area contributed by atoms with E-state index in [2.05, 4.69) is 15.8 Å². The molecule has 0 bridgehead atoms. The van der Waals surface area contributed by atoms with Crippen LogP contribution < -0.4 is 20.3 Å². The number of hydrogen-bond acceptors (Lipinski definition) is 6. The standard InChI is InChI=1S/C27H25N3O5/c31-25(15-16-27-28-17-24(35-27)21-9-5-2-6-10-21)29-30-26(32)19-34-23-13-11-22(12-14-23)33-18-20-7-3-1-4-8-20/h1-14,17H,15-16,18-19H2,(H,29,31)(H,30,32). The number of rotatable bonds is 10. The van der Waals surface area contributed by atoms with E-state index in [1.807, 2.05) is 60.7 Å². The minimum Gasteiger partial charge on any atom is -0.489 e. The number of hydrazine groups is 1. The third-order valence-electron chi connectivity index (χ3n) is 4.96. The highest BCUT2D eigenvalue weighted by Gasteiger charge is 2.10. The Labute approximate surface area is 202 Å². The lowest BCUT2D eigenvalue weighted by Crippen LogP contribution is -2.43. The molecular weight excluding hydrogens is 446 g/mol. The van der Waals surface area contributed by atoms with Gasteiger partial charge in [0, 0.05) is 18.4 Å². The van der Waals surface area contributed by atoms with E-state index in [4.69, 9.17) is 13.9 Å². The van der Waals surface area contributed by atoms with Gasteiger partial charge >= 0.3 is 0 Å². The second-order valence-corrected chi connectivity index (χ2v) is 7.61. The lowest BCUT2D eigenvalue weighted by atomic mass is 10.2. The first-order valence-corrected chi connectivity index (χ1v) is 11.1. The Hall–Kier alpha value is -4.59. The summed E-state index contributed by atoms with van der Waals surface area (Å²) < 4.78 is 16.8. The number of nitrogens with zero attached hydrogens (tertiary/aromatic N) is 1. The van der Waals surface area contributed by atoms with E-state index in [1.165, 1.54) is 0 Å². The lowest BCUT2D eigenvalue weighted by molar-refractivity contribution is -0.130. The number of carbonyl (C=O) groups excluding carboxylic acids is 2. The number of carbonyl (C=O) groups is 2. The molecule has 35 heavy (non-hydrogen) atoms. The number of oxazole rings is 1. The van der Waals surface area contributed by atoms with Crippen LogP contribution in [0.4, 0.5) is 0 Å². The first kappa shape index (κ1) is 23.6. The number of hydrogen-bond donors (Lipinski definition) is 2. The number of ether oxygens (including phenoxy) is 2. The fourth-order valence-electron chi connectivity index (χ4n) is 3.14. The molecule has 178 valence electrons. The molecule has 2 amide bonds. The molecule has 8 nitrogen and oxygen atoms in total. The van der Waals surface area contributed by atoms with Crippen molar-refractivity contribution in [3.63, 3.8) is 0 Å². The Bertz CT molecular complexity index is 1220. The molecular formula is C27H25N3O5. The molecule has 0 saturated carbocycles. The summed E-state index contributed by atoms with van der Waals surface area (Å²) in [6, 6.07) is 26.4. The van der Waals surface area contributed by atoms with Crippen LogP contribution in [0.15, 0.2) is 95.5 Å². The van der Waals surface area contributed by atoms with Gasteiger partial charge in [-0.15, -0.1) is 0 Å². The topological polar surface area (TPSA) is 103 Å². The van der Waals surface area contributed by atoms with Crippen LogP contribution in [0.5, 0.6) is 11.5 Å². The summed E-state index contributed by atoms with van der Waals surface area (Å²) in [7, 11) is 0. The number of aromatic nitrogens is 1. The van der Waals surface area contributed by atoms with E-state index in [0.717, 1.165) is 11.1 Å². The van der Waals surface area contributed by atoms with Crippen molar-refractivity contribution < 1.29 is 23.5 Å². The Morgan fingerprint density at radius 2 is 1.40 bits per heavy atom. The van der Waals surface area contributed by atoms with Crippen LogP contribution in [0.2, 0.25) is 0 Å². The van der Waals surface area contributed by atoms with E-state index >= 15 is 0 Å². The van der Waals surface area contributed by atoms with E-state index in [1.54, 1.807) is 30.5 Å². The van der Waals surface area contributed by atoms with Crippen molar-refractivity contribution >= 4 is 11.8 Å². The SMILES string of the molecule is O=C(CCc1ncc(-c2ccccc2)o1)NNC(=O)COc1ccc(OCc2ccccc2)cc1. The van der Waals surface area contributed by atoms with Crippen LogP contribution in [0.3, 0.4) is 0 Å². The van der Waals surface area contributed by atoms with Crippen molar-refractivity contribution in [1.29, 1.82) is 0 Å². The van der Waals surface area contributed by atoms with Gasteiger partial charge in [-0.3, -0.25) is 20.4 Å². The molecule has 0 fully saturated rings. The van der Waals surface area contributed by atoms with Crippen LogP contribution in [0, 0.1) is 0 Å². The van der Waals surface area contributed by atoms with Crippen molar-refractivity contribution in [2.45, 2.75) is 19.4 Å². The number of benzene rings is 3. The van der Waals surface area contributed by atoms with Gasteiger partial charge in [-0.05, 0) is 29.8 Å². The number of amides is 2. The van der Waals surface area contributed by atoms with Gasteiger partial charge in [-0.25, -0.2) is 4.98 Å². The Balaban J connectivity index is 1.12. The average Bonchev–Trinajstić information content (AvgIpc) is 3.39. The van der Waals surface area contributed by atoms with E-state index in [-0.39, 0.29) is 18.9 Å². The van der Waals surface area contributed by atoms with Crippen LogP contribution in [-0.2, 0) is 22.6 Å². The maximum Gasteiger partial charge on any atom is 0.276 e. The number of nitrogens with one attached hydrogen (secondary N) is 2. The van der Waals surface area contributed by atoms with Gasteiger partial charge in [-0.2, -0.15) is 0 Å². The maximum atomic E-state index is 12.0. The largest absolute Gasteiger partial charge is 0.489 e. The highest BCUT2D eigenvalue weighted by atomic mass is 16.5. The zero-order valence-corrected chi connectivity index (χ0v) is 19.0. The summed E-state index contributed by atoms with van der Waals surface area (Å²) in [5, 5.41) is 0. The Morgan fingerprint density at radius 1 is 0.771 bits per heavy atom. The molecule has 4 rings (SSSR count). The van der Waals surface area contributed by atoms with E-state index < -0.39 is 5.91 Å². The smallest absolute Gasteiger partial charge is 0.276 e. The van der Waals surface area contributed by atoms with Crippen LogP contribution in [0.25, 0.3) is 11.3 Å². The van der Waals surface area contributed by atoms with E-state index in [0.29, 0.717) is 36.2 Å². The minimum atomic E-state index is -0.481. The fraction of sp³-hybridized carbons (Fsp3) is 0.148. The van der Waals surface area contributed by atoms with Crippen molar-refractivity contribution in [3.05, 3.63) is 103 Å². The van der Waals surface area contributed by atoms with Gasteiger partial charge in [0.1, 0.15) is 18.1 Å². The molecule has 1 aromatic heterocycles. The third-order valence-corrected chi connectivity index (χ3v) is 4.96. The minimum absolute atomic E-state index is 0.111. The van der Waals surface area contributed by atoms with Crippen molar-refractivity contribution in [1.82, 2.24) is 15.8 Å². The molecule has 0 radical (unpaired) electrons. The first-order chi connectivity index (χ1) is 17.2.